The first-order valence-electron chi connectivity index (χ1n) is 4.03. The van der Waals surface area contributed by atoms with Crippen molar-refractivity contribution < 1.29 is 10.0 Å². The summed E-state index contributed by atoms with van der Waals surface area (Å²) in [6.45, 7) is 0. The topological polar surface area (TPSA) is 81.2 Å². The van der Waals surface area contributed by atoms with Crippen molar-refractivity contribution in [2.24, 2.45) is 0 Å². The molecule has 0 bridgehead atoms. The van der Waals surface area contributed by atoms with E-state index in [1.807, 2.05) is 0 Å². The minimum Gasteiger partial charge on any atom is -0.393 e. The maximum atomic E-state index is 10.3. The molecule has 0 atom stereocenters. The lowest BCUT2D eigenvalue weighted by Crippen LogP contribution is -2.30. The van der Waals surface area contributed by atoms with Crippen LogP contribution in [0.3, 0.4) is 0 Å². The van der Waals surface area contributed by atoms with E-state index in [1.165, 1.54) is 12.4 Å². The van der Waals surface area contributed by atoms with Crippen LogP contribution in [-0.2, 0) is 0 Å². The summed E-state index contributed by atoms with van der Waals surface area (Å²) in [5, 5.41) is 23.2. The Morgan fingerprint density at radius 2 is 2.38 bits per heavy atom. The van der Waals surface area contributed by atoms with Crippen LogP contribution in [0, 0.1) is 10.1 Å². The average molecular weight is 183 g/mol. The second-order valence-corrected chi connectivity index (χ2v) is 3.21. The lowest BCUT2D eigenvalue weighted by atomic mass is 9.90. The predicted octanol–water partition coefficient (Wildman–Crippen LogP) is 0.487. The van der Waals surface area contributed by atoms with Crippen molar-refractivity contribution in [3.05, 3.63) is 22.5 Å². The molecule has 13 heavy (non-hydrogen) atoms. The number of hydrogen-bond acceptors (Lipinski definition) is 4. The fourth-order valence-corrected chi connectivity index (χ4v) is 1.40. The van der Waals surface area contributed by atoms with Gasteiger partial charge in [-0.05, 0) is 12.8 Å². The van der Waals surface area contributed by atoms with E-state index in [2.05, 4.69) is 5.10 Å². The van der Waals surface area contributed by atoms with Gasteiger partial charge in [-0.3, -0.25) is 14.8 Å². The maximum absolute atomic E-state index is 10.3. The molecule has 1 saturated carbocycles. The van der Waals surface area contributed by atoms with E-state index in [0.29, 0.717) is 12.8 Å². The summed E-state index contributed by atoms with van der Waals surface area (Å²) < 4.78 is 1.55. The number of aliphatic hydroxyl groups is 1. The van der Waals surface area contributed by atoms with E-state index < -0.39 is 4.92 Å². The van der Waals surface area contributed by atoms with E-state index >= 15 is 0 Å². The zero-order chi connectivity index (χ0) is 9.42. The van der Waals surface area contributed by atoms with E-state index in [9.17, 15) is 10.1 Å². The number of hydrogen-bond donors (Lipinski definition) is 1. The Morgan fingerprint density at radius 1 is 1.69 bits per heavy atom. The van der Waals surface area contributed by atoms with E-state index in [0.717, 1.165) is 0 Å². The maximum Gasteiger partial charge on any atom is 0.307 e. The summed E-state index contributed by atoms with van der Waals surface area (Å²) in [5.74, 6) is 0. The Bertz CT molecular complexity index is 329. The number of rotatable bonds is 2. The van der Waals surface area contributed by atoms with Gasteiger partial charge in [-0.15, -0.1) is 0 Å². The lowest BCUT2D eigenvalue weighted by molar-refractivity contribution is -0.385. The van der Waals surface area contributed by atoms with E-state index in [4.69, 9.17) is 5.11 Å². The molecule has 6 heteroatoms. The molecule has 1 N–H and O–H groups in total. The quantitative estimate of drug-likeness (QED) is 0.534. The first kappa shape index (κ1) is 8.18. The molecule has 1 aliphatic rings. The molecule has 1 aliphatic carbocycles. The second kappa shape index (κ2) is 2.81. The van der Waals surface area contributed by atoms with Gasteiger partial charge >= 0.3 is 5.69 Å². The largest absolute Gasteiger partial charge is 0.393 e. The Hall–Kier alpha value is -1.43. The zero-order valence-corrected chi connectivity index (χ0v) is 6.83. The Kier molecular flexibility index (Phi) is 1.77. The number of nitrogens with zero attached hydrogens (tertiary/aromatic N) is 3. The van der Waals surface area contributed by atoms with E-state index in [1.54, 1.807) is 4.68 Å². The monoisotopic (exact) mass is 183 g/mol. The predicted molar refractivity (Wildman–Crippen MR) is 43.2 cm³/mol. The van der Waals surface area contributed by atoms with Crippen LogP contribution in [0.4, 0.5) is 5.69 Å². The van der Waals surface area contributed by atoms with Crippen LogP contribution in [0.1, 0.15) is 18.9 Å². The molecule has 0 aliphatic heterocycles. The van der Waals surface area contributed by atoms with Gasteiger partial charge in [0.15, 0.2) is 0 Å². The van der Waals surface area contributed by atoms with Gasteiger partial charge in [0, 0.05) is 0 Å². The molecule has 0 spiro atoms. The first-order valence-corrected chi connectivity index (χ1v) is 4.03. The van der Waals surface area contributed by atoms with Crippen LogP contribution in [0.5, 0.6) is 0 Å². The van der Waals surface area contributed by atoms with Gasteiger partial charge in [0.25, 0.3) is 0 Å². The van der Waals surface area contributed by atoms with Gasteiger partial charge in [0.05, 0.1) is 17.1 Å². The van der Waals surface area contributed by atoms with Crippen LogP contribution in [0.15, 0.2) is 12.4 Å². The standard InChI is InChI=1S/C7H9N3O3/c11-7-1-5(2-7)9-4-6(3-8-9)10(12)13/h3-5,7,11H,1-2H2. The second-order valence-electron chi connectivity index (χ2n) is 3.21. The van der Waals surface area contributed by atoms with Crippen molar-refractivity contribution in [1.82, 2.24) is 9.78 Å². The van der Waals surface area contributed by atoms with Gasteiger partial charge < -0.3 is 5.11 Å². The van der Waals surface area contributed by atoms with Crippen molar-refractivity contribution >= 4 is 5.69 Å². The summed E-state index contributed by atoms with van der Waals surface area (Å²) >= 11 is 0. The Morgan fingerprint density at radius 3 is 2.85 bits per heavy atom. The van der Waals surface area contributed by atoms with Crippen molar-refractivity contribution in [2.75, 3.05) is 0 Å². The molecular weight excluding hydrogens is 174 g/mol. The molecule has 6 nitrogen and oxygen atoms in total. The molecule has 0 radical (unpaired) electrons. The van der Waals surface area contributed by atoms with Gasteiger partial charge in [0.2, 0.25) is 0 Å². The fourth-order valence-electron chi connectivity index (χ4n) is 1.40. The minimum absolute atomic E-state index is 0.00129. The third-order valence-electron chi connectivity index (χ3n) is 2.26. The highest BCUT2D eigenvalue weighted by Gasteiger charge is 2.30. The number of aliphatic hydroxyl groups excluding tert-OH is 1. The molecule has 0 unspecified atom stereocenters. The summed E-state index contributed by atoms with van der Waals surface area (Å²) in [6.07, 6.45) is 3.63. The minimum atomic E-state index is -0.474. The summed E-state index contributed by atoms with van der Waals surface area (Å²) in [7, 11) is 0. The molecule has 1 aromatic heterocycles. The highest BCUT2D eigenvalue weighted by atomic mass is 16.6. The summed E-state index contributed by atoms with van der Waals surface area (Å²) in [5.41, 5.74) is 0.00129. The molecule has 1 aromatic rings. The third-order valence-corrected chi connectivity index (χ3v) is 2.26. The molecule has 0 amide bonds. The molecule has 0 saturated heterocycles. The van der Waals surface area contributed by atoms with Crippen molar-refractivity contribution in [3.63, 3.8) is 0 Å². The summed E-state index contributed by atoms with van der Waals surface area (Å²) in [4.78, 5) is 9.84. The van der Waals surface area contributed by atoms with Gasteiger partial charge in [-0.1, -0.05) is 0 Å². The van der Waals surface area contributed by atoms with Crippen LogP contribution in [-0.4, -0.2) is 25.9 Å². The Labute approximate surface area is 73.9 Å². The normalized spacial score (nSPS) is 26.8. The molecular formula is C7H9N3O3. The fraction of sp³-hybridized carbons (Fsp3) is 0.571. The van der Waals surface area contributed by atoms with Crippen LogP contribution >= 0.6 is 0 Å². The molecule has 70 valence electrons. The molecule has 2 rings (SSSR count). The SMILES string of the molecule is O=[N+]([O-])c1cnn(C2CC(O)C2)c1. The number of nitro groups is 1. The highest BCUT2D eigenvalue weighted by Crippen LogP contribution is 2.32. The third kappa shape index (κ3) is 1.40. The van der Waals surface area contributed by atoms with E-state index in [-0.39, 0.29) is 17.8 Å². The Balaban J connectivity index is 2.10. The molecule has 0 aromatic carbocycles. The van der Waals surface area contributed by atoms with Crippen molar-refractivity contribution in [1.29, 1.82) is 0 Å². The number of aromatic nitrogens is 2. The van der Waals surface area contributed by atoms with Gasteiger partial charge in [-0.25, -0.2) is 0 Å². The summed E-state index contributed by atoms with van der Waals surface area (Å²) in [6, 6.07) is 0.128. The lowest BCUT2D eigenvalue weighted by Gasteiger charge is -2.30. The van der Waals surface area contributed by atoms with Crippen molar-refractivity contribution in [3.8, 4) is 0 Å². The van der Waals surface area contributed by atoms with Gasteiger partial charge in [0.1, 0.15) is 12.4 Å². The molecule has 1 fully saturated rings. The zero-order valence-electron chi connectivity index (χ0n) is 6.83. The van der Waals surface area contributed by atoms with Crippen LogP contribution in [0.2, 0.25) is 0 Å². The molecule has 1 heterocycles. The first-order chi connectivity index (χ1) is 6.16. The van der Waals surface area contributed by atoms with Gasteiger partial charge in [-0.2, -0.15) is 5.10 Å². The van der Waals surface area contributed by atoms with Crippen LogP contribution < -0.4 is 0 Å². The average Bonchev–Trinajstić information content (AvgIpc) is 2.46. The smallest absolute Gasteiger partial charge is 0.307 e. The van der Waals surface area contributed by atoms with Crippen LogP contribution in [0.25, 0.3) is 0 Å². The van der Waals surface area contributed by atoms with Crippen molar-refractivity contribution in [2.45, 2.75) is 25.0 Å². The highest BCUT2D eigenvalue weighted by molar-refractivity contribution is 5.21.